The largest absolute Gasteiger partial charge is 0.316 e. The van der Waals surface area contributed by atoms with E-state index in [9.17, 15) is 0 Å². The summed E-state index contributed by atoms with van der Waals surface area (Å²) < 4.78 is 0. The predicted molar refractivity (Wildman–Crippen MR) is 91.5 cm³/mol. The van der Waals surface area contributed by atoms with Gasteiger partial charge >= 0.3 is 0 Å². The molecule has 2 rings (SSSR count). The predicted octanol–water partition coefficient (Wildman–Crippen LogP) is 3.71. The molecule has 1 aromatic rings. The Morgan fingerprint density at radius 3 is 2.52 bits per heavy atom. The molecule has 0 radical (unpaired) electrons. The van der Waals surface area contributed by atoms with Crippen LogP contribution in [0.5, 0.6) is 0 Å². The molecule has 118 valence electrons. The first-order valence-electron chi connectivity index (χ1n) is 8.57. The number of hydrogen-bond acceptors (Lipinski definition) is 2. The van der Waals surface area contributed by atoms with Crippen molar-refractivity contribution >= 4 is 0 Å². The molecule has 1 heterocycles. The van der Waals surface area contributed by atoms with Gasteiger partial charge in [-0.05, 0) is 55.8 Å². The second-order valence-electron chi connectivity index (χ2n) is 7.24. The Hall–Kier alpha value is -0.860. The first-order chi connectivity index (χ1) is 10.1. The molecule has 1 aliphatic heterocycles. The number of nitrogens with zero attached hydrogens (tertiary/aromatic N) is 1. The first kappa shape index (κ1) is 16.5. The van der Waals surface area contributed by atoms with Gasteiger partial charge in [0.05, 0.1) is 0 Å². The fraction of sp³-hybridized carbons (Fsp3) is 0.684. The normalized spacial score (nSPS) is 23.1. The van der Waals surface area contributed by atoms with Gasteiger partial charge in [-0.25, -0.2) is 0 Å². The summed E-state index contributed by atoms with van der Waals surface area (Å²) in [6, 6.07) is 9.71. The van der Waals surface area contributed by atoms with E-state index in [1.54, 1.807) is 0 Å². The summed E-state index contributed by atoms with van der Waals surface area (Å²) >= 11 is 0. The van der Waals surface area contributed by atoms with Crippen molar-refractivity contribution in [1.82, 2.24) is 10.2 Å². The molecular weight excluding hydrogens is 256 g/mol. The molecule has 1 N–H and O–H groups in total. The molecule has 2 unspecified atom stereocenters. The Morgan fingerprint density at radius 2 is 1.90 bits per heavy atom. The van der Waals surface area contributed by atoms with Crippen LogP contribution in [0.3, 0.4) is 0 Å². The van der Waals surface area contributed by atoms with Gasteiger partial charge in [-0.2, -0.15) is 0 Å². The van der Waals surface area contributed by atoms with Gasteiger partial charge in [0.25, 0.3) is 0 Å². The number of benzene rings is 1. The van der Waals surface area contributed by atoms with Crippen molar-refractivity contribution in [3.05, 3.63) is 35.4 Å². The minimum absolute atomic E-state index is 0.729. The van der Waals surface area contributed by atoms with Crippen LogP contribution >= 0.6 is 0 Å². The van der Waals surface area contributed by atoms with Crippen molar-refractivity contribution in [2.75, 3.05) is 19.6 Å². The Bertz CT molecular complexity index is 427. The Kier molecular flexibility index (Phi) is 6.25. The van der Waals surface area contributed by atoms with E-state index in [-0.39, 0.29) is 0 Å². The van der Waals surface area contributed by atoms with Crippen molar-refractivity contribution in [3.8, 4) is 0 Å². The van der Waals surface area contributed by atoms with Gasteiger partial charge in [0, 0.05) is 19.1 Å². The zero-order valence-electron chi connectivity index (χ0n) is 14.2. The monoisotopic (exact) mass is 288 g/mol. The standard InChI is InChI=1S/C19H32N2/c1-15(2)12-20-10-9-18-7-5-6-8-19(18)14-21-13-16(3)11-17(21)4/h5-8,15-17,20H,9-14H2,1-4H3. The lowest BCUT2D eigenvalue weighted by atomic mass is 10.0. The van der Waals surface area contributed by atoms with E-state index in [0.717, 1.165) is 43.9 Å². The molecule has 1 aromatic carbocycles. The summed E-state index contributed by atoms with van der Waals surface area (Å²) in [5.41, 5.74) is 3.03. The smallest absolute Gasteiger partial charge is 0.0239 e. The van der Waals surface area contributed by atoms with E-state index in [0.29, 0.717) is 0 Å². The third kappa shape index (κ3) is 5.12. The lowest BCUT2D eigenvalue weighted by Gasteiger charge is -2.22. The van der Waals surface area contributed by atoms with Gasteiger partial charge in [-0.1, -0.05) is 45.0 Å². The van der Waals surface area contributed by atoms with Crippen molar-refractivity contribution < 1.29 is 0 Å². The summed E-state index contributed by atoms with van der Waals surface area (Å²) in [6.45, 7) is 13.8. The van der Waals surface area contributed by atoms with Crippen LogP contribution in [0.25, 0.3) is 0 Å². The van der Waals surface area contributed by atoms with Crippen LogP contribution in [0, 0.1) is 11.8 Å². The van der Waals surface area contributed by atoms with E-state index >= 15 is 0 Å². The van der Waals surface area contributed by atoms with Crippen molar-refractivity contribution in [1.29, 1.82) is 0 Å². The average Bonchev–Trinajstić information content (AvgIpc) is 2.74. The number of hydrogen-bond donors (Lipinski definition) is 1. The highest BCUT2D eigenvalue weighted by molar-refractivity contribution is 5.27. The SMILES string of the molecule is CC(C)CNCCc1ccccc1CN1CC(C)CC1C. The van der Waals surface area contributed by atoms with E-state index in [1.807, 2.05) is 0 Å². The summed E-state index contributed by atoms with van der Waals surface area (Å²) in [4.78, 5) is 2.64. The third-order valence-electron chi connectivity index (χ3n) is 4.53. The molecule has 21 heavy (non-hydrogen) atoms. The summed E-state index contributed by atoms with van der Waals surface area (Å²) in [5.74, 6) is 1.58. The lowest BCUT2D eigenvalue weighted by Crippen LogP contribution is -2.27. The van der Waals surface area contributed by atoms with Crippen LogP contribution in [0.4, 0.5) is 0 Å². The van der Waals surface area contributed by atoms with E-state index < -0.39 is 0 Å². The van der Waals surface area contributed by atoms with Crippen LogP contribution in [-0.2, 0) is 13.0 Å². The van der Waals surface area contributed by atoms with Crippen molar-refractivity contribution in [2.45, 2.75) is 53.1 Å². The Morgan fingerprint density at radius 1 is 1.19 bits per heavy atom. The van der Waals surface area contributed by atoms with Crippen LogP contribution in [0.15, 0.2) is 24.3 Å². The van der Waals surface area contributed by atoms with Gasteiger partial charge in [-0.3, -0.25) is 4.90 Å². The zero-order chi connectivity index (χ0) is 15.2. The molecule has 2 heteroatoms. The molecule has 0 saturated carbocycles. The third-order valence-corrected chi connectivity index (χ3v) is 4.53. The van der Waals surface area contributed by atoms with E-state index in [2.05, 4.69) is 62.2 Å². The zero-order valence-corrected chi connectivity index (χ0v) is 14.2. The molecule has 0 aliphatic carbocycles. The van der Waals surface area contributed by atoms with Gasteiger partial charge in [0.1, 0.15) is 0 Å². The molecule has 0 amide bonds. The van der Waals surface area contributed by atoms with E-state index in [4.69, 9.17) is 0 Å². The highest BCUT2D eigenvalue weighted by Crippen LogP contribution is 2.25. The summed E-state index contributed by atoms with van der Waals surface area (Å²) in [6.07, 6.45) is 2.48. The van der Waals surface area contributed by atoms with Crippen LogP contribution in [0.1, 0.15) is 45.2 Å². The van der Waals surface area contributed by atoms with E-state index in [1.165, 1.54) is 24.1 Å². The molecule has 1 fully saturated rings. The number of rotatable bonds is 7. The maximum atomic E-state index is 3.56. The molecule has 0 spiro atoms. The first-order valence-corrected chi connectivity index (χ1v) is 8.57. The second-order valence-corrected chi connectivity index (χ2v) is 7.24. The molecule has 0 aromatic heterocycles. The topological polar surface area (TPSA) is 15.3 Å². The minimum atomic E-state index is 0.729. The number of likely N-dealkylation sites (tertiary alicyclic amines) is 1. The van der Waals surface area contributed by atoms with Crippen LogP contribution in [-0.4, -0.2) is 30.6 Å². The Balaban J connectivity index is 1.90. The highest BCUT2D eigenvalue weighted by atomic mass is 15.2. The molecule has 2 nitrogen and oxygen atoms in total. The fourth-order valence-electron chi connectivity index (χ4n) is 3.39. The van der Waals surface area contributed by atoms with Gasteiger partial charge in [-0.15, -0.1) is 0 Å². The quantitative estimate of drug-likeness (QED) is 0.770. The number of nitrogens with one attached hydrogen (secondary N) is 1. The van der Waals surface area contributed by atoms with Crippen LogP contribution < -0.4 is 5.32 Å². The molecule has 1 saturated heterocycles. The maximum Gasteiger partial charge on any atom is 0.0239 e. The average molecular weight is 288 g/mol. The fourth-order valence-corrected chi connectivity index (χ4v) is 3.39. The van der Waals surface area contributed by atoms with Gasteiger partial charge in [0.2, 0.25) is 0 Å². The van der Waals surface area contributed by atoms with Crippen molar-refractivity contribution in [3.63, 3.8) is 0 Å². The lowest BCUT2D eigenvalue weighted by molar-refractivity contribution is 0.256. The van der Waals surface area contributed by atoms with Gasteiger partial charge < -0.3 is 5.32 Å². The maximum absolute atomic E-state index is 3.56. The van der Waals surface area contributed by atoms with Crippen molar-refractivity contribution in [2.24, 2.45) is 11.8 Å². The summed E-state index contributed by atoms with van der Waals surface area (Å²) in [5, 5.41) is 3.56. The highest BCUT2D eigenvalue weighted by Gasteiger charge is 2.26. The minimum Gasteiger partial charge on any atom is -0.316 e. The second kappa shape index (κ2) is 7.95. The Labute approximate surface area is 130 Å². The summed E-state index contributed by atoms with van der Waals surface area (Å²) in [7, 11) is 0. The molecular formula is C19H32N2. The molecule has 1 aliphatic rings. The van der Waals surface area contributed by atoms with Crippen LogP contribution in [0.2, 0.25) is 0 Å². The molecule has 2 atom stereocenters. The molecule has 0 bridgehead atoms. The van der Waals surface area contributed by atoms with Gasteiger partial charge in [0.15, 0.2) is 0 Å².